The maximum atomic E-state index is 13.7. The van der Waals surface area contributed by atoms with Crippen LogP contribution in [0.2, 0.25) is 0 Å². The highest BCUT2D eigenvalue weighted by atomic mass is 32.1. The first-order chi connectivity index (χ1) is 9.45. The molecule has 0 radical (unpaired) electrons. The summed E-state index contributed by atoms with van der Waals surface area (Å²) in [5.74, 6) is -0.662. The van der Waals surface area contributed by atoms with Crippen molar-refractivity contribution in [2.75, 3.05) is 38.8 Å². The van der Waals surface area contributed by atoms with Gasteiger partial charge in [-0.05, 0) is 18.2 Å². The van der Waals surface area contributed by atoms with Gasteiger partial charge in [0.1, 0.15) is 10.8 Å². The van der Waals surface area contributed by atoms with E-state index in [4.69, 9.17) is 22.7 Å². The van der Waals surface area contributed by atoms with E-state index in [9.17, 15) is 9.18 Å². The second kappa shape index (κ2) is 7.76. The summed E-state index contributed by atoms with van der Waals surface area (Å²) in [5.41, 5.74) is 6.16. The van der Waals surface area contributed by atoms with E-state index in [0.29, 0.717) is 18.8 Å². The predicted octanol–water partition coefficient (Wildman–Crippen LogP) is 0.659. The van der Waals surface area contributed by atoms with Crippen molar-refractivity contribution in [3.05, 3.63) is 29.6 Å². The van der Waals surface area contributed by atoms with Gasteiger partial charge >= 0.3 is 0 Å². The predicted molar refractivity (Wildman–Crippen MR) is 80.4 cm³/mol. The van der Waals surface area contributed by atoms with E-state index < -0.39 is 5.82 Å². The van der Waals surface area contributed by atoms with Gasteiger partial charge in [-0.2, -0.15) is 0 Å². The van der Waals surface area contributed by atoms with Crippen LogP contribution in [0.4, 0.5) is 10.1 Å². The SMILES string of the molecule is COCCNC(=O)CN(C)c1ccc(C(N)=S)c(F)c1. The van der Waals surface area contributed by atoms with Crippen molar-refractivity contribution in [3.8, 4) is 0 Å². The number of carbonyl (C=O) groups excluding carboxylic acids is 1. The highest BCUT2D eigenvalue weighted by molar-refractivity contribution is 7.80. The molecule has 1 aromatic rings. The number of nitrogens with two attached hydrogens (primary N) is 1. The van der Waals surface area contributed by atoms with Gasteiger partial charge in [0, 0.05) is 32.0 Å². The number of rotatable bonds is 7. The minimum Gasteiger partial charge on any atom is -0.389 e. The monoisotopic (exact) mass is 299 g/mol. The number of halogens is 1. The van der Waals surface area contributed by atoms with Gasteiger partial charge in [-0.1, -0.05) is 12.2 Å². The van der Waals surface area contributed by atoms with Crippen LogP contribution in [0.15, 0.2) is 18.2 Å². The minimum absolute atomic E-state index is 0.00834. The molecule has 0 aliphatic heterocycles. The summed E-state index contributed by atoms with van der Waals surface area (Å²) in [6.45, 7) is 1.01. The lowest BCUT2D eigenvalue weighted by Gasteiger charge is -2.19. The van der Waals surface area contributed by atoms with Crippen LogP contribution >= 0.6 is 12.2 Å². The molecule has 0 spiro atoms. The smallest absolute Gasteiger partial charge is 0.239 e. The number of thiocarbonyl (C=S) groups is 1. The number of hydrogen-bond acceptors (Lipinski definition) is 4. The normalized spacial score (nSPS) is 10.2. The molecule has 0 aliphatic carbocycles. The molecule has 0 bridgehead atoms. The summed E-state index contributed by atoms with van der Waals surface area (Å²) in [5, 5.41) is 2.69. The average Bonchev–Trinajstić information content (AvgIpc) is 2.38. The first-order valence-corrected chi connectivity index (χ1v) is 6.42. The topological polar surface area (TPSA) is 67.6 Å². The van der Waals surface area contributed by atoms with Crippen molar-refractivity contribution >= 4 is 28.8 Å². The fourth-order valence-electron chi connectivity index (χ4n) is 1.60. The van der Waals surface area contributed by atoms with Gasteiger partial charge in [0.15, 0.2) is 0 Å². The van der Waals surface area contributed by atoms with Crippen molar-refractivity contribution in [2.24, 2.45) is 5.73 Å². The van der Waals surface area contributed by atoms with Crippen molar-refractivity contribution in [1.29, 1.82) is 0 Å². The van der Waals surface area contributed by atoms with Crippen LogP contribution in [-0.4, -0.2) is 44.7 Å². The Morgan fingerprint density at radius 2 is 2.25 bits per heavy atom. The first-order valence-electron chi connectivity index (χ1n) is 6.02. The number of amides is 1. The van der Waals surface area contributed by atoms with E-state index in [1.807, 2.05) is 0 Å². The van der Waals surface area contributed by atoms with Gasteiger partial charge in [0.25, 0.3) is 0 Å². The summed E-state index contributed by atoms with van der Waals surface area (Å²) in [7, 11) is 3.26. The summed E-state index contributed by atoms with van der Waals surface area (Å²) < 4.78 is 18.6. The fourth-order valence-corrected chi connectivity index (χ4v) is 1.76. The summed E-state index contributed by atoms with van der Waals surface area (Å²) >= 11 is 4.74. The van der Waals surface area contributed by atoms with E-state index >= 15 is 0 Å². The van der Waals surface area contributed by atoms with Crippen molar-refractivity contribution in [2.45, 2.75) is 0 Å². The fraction of sp³-hybridized carbons (Fsp3) is 0.385. The average molecular weight is 299 g/mol. The molecule has 0 saturated heterocycles. The number of methoxy groups -OCH3 is 1. The number of hydrogen-bond donors (Lipinski definition) is 2. The van der Waals surface area contributed by atoms with Crippen molar-refractivity contribution in [3.63, 3.8) is 0 Å². The highest BCUT2D eigenvalue weighted by Gasteiger charge is 2.11. The van der Waals surface area contributed by atoms with E-state index in [1.165, 1.54) is 12.1 Å². The van der Waals surface area contributed by atoms with Crippen LogP contribution in [0.25, 0.3) is 0 Å². The zero-order valence-electron chi connectivity index (χ0n) is 11.5. The summed E-state index contributed by atoms with van der Waals surface area (Å²) in [6, 6.07) is 4.48. The lowest BCUT2D eigenvalue weighted by Crippen LogP contribution is -2.36. The molecule has 0 aromatic heterocycles. The maximum Gasteiger partial charge on any atom is 0.239 e. The zero-order valence-corrected chi connectivity index (χ0v) is 12.3. The second-order valence-corrected chi connectivity index (χ2v) is 4.67. The van der Waals surface area contributed by atoms with E-state index in [0.717, 1.165) is 0 Å². The Bertz CT molecular complexity index is 497. The number of ether oxygens (including phenoxy) is 1. The molecular formula is C13H18FN3O2S. The standard InChI is InChI=1S/C13H18FN3O2S/c1-17(8-12(18)16-5-6-19-2)9-3-4-10(13(15)20)11(14)7-9/h3-4,7H,5-6,8H2,1-2H3,(H2,15,20)(H,16,18). The third kappa shape index (κ3) is 4.75. The Hall–Kier alpha value is -1.73. The van der Waals surface area contributed by atoms with E-state index in [-0.39, 0.29) is 23.0 Å². The van der Waals surface area contributed by atoms with Gasteiger partial charge in [-0.25, -0.2) is 4.39 Å². The van der Waals surface area contributed by atoms with Gasteiger partial charge in [-0.3, -0.25) is 4.79 Å². The molecule has 5 nitrogen and oxygen atoms in total. The molecule has 7 heteroatoms. The van der Waals surface area contributed by atoms with Gasteiger partial charge in [0.05, 0.1) is 13.2 Å². The molecule has 0 aliphatic rings. The molecule has 20 heavy (non-hydrogen) atoms. The largest absolute Gasteiger partial charge is 0.389 e. The third-order valence-electron chi connectivity index (χ3n) is 2.67. The Morgan fingerprint density at radius 3 is 2.80 bits per heavy atom. The van der Waals surface area contributed by atoms with Crippen molar-refractivity contribution in [1.82, 2.24) is 5.32 Å². The Kier molecular flexibility index (Phi) is 6.33. The number of carbonyl (C=O) groups is 1. The van der Waals surface area contributed by atoms with Gasteiger partial charge in [0.2, 0.25) is 5.91 Å². The molecule has 1 aromatic carbocycles. The molecule has 0 unspecified atom stereocenters. The Morgan fingerprint density at radius 1 is 1.55 bits per heavy atom. The van der Waals surface area contributed by atoms with Crippen LogP contribution in [-0.2, 0) is 9.53 Å². The van der Waals surface area contributed by atoms with Crippen LogP contribution in [0.1, 0.15) is 5.56 Å². The van der Waals surface area contributed by atoms with Crippen LogP contribution < -0.4 is 16.0 Å². The highest BCUT2D eigenvalue weighted by Crippen LogP contribution is 2.17. The number of nitrogens with zero attached hydrogens (tertiary/aromatic N) is 1. The number of benzene rings is 1. The molecular weight excluding hydrogens is 281 g/mol. The number of anilines is 1. The molecule has 0 saturated carbocycles. The summed E-state index contributed by atoms with van der Waals surface area (Å²) in [4.78, 5) is 13.3. The lowest BCUT2D eigenvalue weighted by atomic mass is 10.2. The number of likely N-dealkylation sites (N-methyl/N-ethyl adjacent to an activating group) is 1. The molecule has 0 atom stereocenters. The van der Waals surface area contributed by atoms with Gasteiger partial charge < -0.3 is 20.7 Å². The molecule has 1 rings (SSSR count). The van der Waals surface area contributed by atoms with E-state index in [2.05, 4.69) is 5.32 Å². The zero-order chi connectivity index (χ0) is 15.1. The van der Waals surface area contributed by atoms with Crippen LogP contribution in [0.5, 0.6) is 0 Å². The molecule has 0 heterocycles. The van der Waals surface area contributed by atoms with Crippen LogP contribution in [0.3, 0.4) is 0 Å². The first kappa shape index (κ1) is 16.3. The maximum absolute atomic E-state index is 13.7. The van der Waals surface area contributed by atoms with Crippen LogP contribution in [0, 0.1) is 5.82 Å². The summed E-state index contributed by atoms with van der Waals surface area (Å²) in [6.07, 6.45) is 0. The van der Waals surface area contributed by atoms with Crippen molar-refractivity contribution < 1.29 is 13.9 Å². The second-order valence-electron chi connectivity index (χ2n) is 4.23. The Balaban J connectivity index is 2.63. The molecule has 110 valence electrons. The van der Waals surface area contributed by atoms with Gasteiger partial charge in [-0.15, -0.1) is 0 Å². The van der Waals surface area contributed by atoms with E-state index in [1.54, 1.807) is 25.1 Å². The molecule has 3 N–H and O–H groups in total. The quantitative estimate of drug-likeness (QED) is 0.572. The third-order valence-corrected chi connectivity index (χ3v) is 2.89. The lowest BCUT2D eigenvalue weighted by molar-refractivity contribution is -0.119. The molecule has 1 amide bonds. The minimum atomic E-state index is -0.498. The molecule has 0 fully saturated rings. The number of nitrogens with one attached hydrogen (secondary N) is 1. The Labute approximate surface area is 122 Å².